The summed E-state index contributed by atoms with van der Waals surface area (Å²) >= 11 is 4.13. The molecule has 3 heteroatoms. The van der Waals surface area contributed by atoms with Gasteiger partial charge in [-0.15, -0.1) is 11.3 Å². The summed E-state index contributed by atoms with van der Waals surface area (Å²) in [6.07, 6.45) is 0. The fraction of sp³-hybridized carbons (Fsp3) is 0.231. The van der Waals surface area contributed by atoms with Gasteiger partial charge in [0.15, 0.2) is 0 Å². The van der Waals surface area contributed by atoms with E-state index in [9.17, 15) is 0 Å². The van der Waals surface area contributed by atoms with Crippen LogP contribution in [0.1, 0.15) is 23.4 Å². The second kappa shape index (κ2) is 5.80. The average molecular weight is 343 g/mol. The van der Waals surface area contributed by atoms with Crippen LogP contribution in [-0.4, -0.2) is 0 Å². The molecule has 1 N–H and O–H groups in total. The smallest absolute Gasteiger partial charge is 0.0305 e. The molecule has 1 heterocycles. The van der Waals surface area contributed by atoms with E-state index in [1.807, 2.05) is 0 Å². The standard InChI is InChI=1S/C13H14INS/c1-10(11-4-6-12(14)7-5-11)15-9-13-3-2-8-16-13/h2-8,10,15H,9H2,1H3. The molecule has 2 aromatic rings. The Bertz CT molecular complexity index is 422. The van der Waals surface area contributed by atoms with E-state index in [1.54, 1.807) is 11.3 Å². The van der Waals surface area contributed by atoms with E-state index in [0.717, 1.165) is 6.54 Å². The first-order chi connectivity index (χ1) is 7.75. The summed E-state index contributed by atoms with van der Waals surface area (Å²) in [7, 11) is 0. The number of benzene rings is 1. The first kappa shape index (κ1) is 12.1. The van der Waals surface area contributed by atoms with Crippen molar-refractivity contribution in [1.29, 1.82) is 0 Å². The van der Waals surface area contributed by atoms with Crippen molar-refractivity contribution < 1.29 is 0 Å². The molecule has 0 saturated carbocycles. The summed E-state index contributed by atoms with van der Waals surface area (Å²) in [6.45, 7) is 3.15. The molecule has 1 atom stereocenters. The number of rotatable bonds is 4. The third kappa shape index (κ3) is 3.30. The third-order valence-electron chi connectivity index (χ3n) is 2.53. The highest BCUT2D eigenvalue weighted by Gasteiger charge is 2.04. The zero-order valence-electron chi connectivity index (χ0n) is 9.11. The summed E-state index contributed by atoms with van der Waals surface area (Å²) in [6, 6.07) is 13.3. The maximum absolute atomic E-state index is 3.53. The SMILES string of the molecule is CC(NCc1cccs1)c1ccc(I)cc1. The van der Waals surface area contributed by atoms with Crippen molar-refractivity contribution >= 4 is 33.9 Å². The molecule has 0 bridgehead atoms. The van der Waals surface area contributed by atoms with Crippen molar-refractivity contribution in [1.82, 2.24) is 5.32 Å². The van der Waals surface area contributed by atoms with Gasteiger partial charge in [0.2, 0.25) is 0 Å². The van der Waals surface area contributed by atoms with Crippen molar-refractivity contribution in [2.75, 3.05) is 0 Å². The summed E-state index contributed by atoms with van der Waals surface area (Å²) < 4.78 is 1.28. The van der Waals surface area contributed by atoms with Crippen LogP contribution in [0.4, 0.5) is 0 Å². The number of halogens is 1. The van der Waals surface area contributed by atoms with Crippen LogP contribution in [0.15, 0.2) is 41.8 Å². The molecule has 1 nitrogen and oxygen atoms in total. The highest BCUT2D eigenvalue weighted by atomic mass is 127. The Balaban J connectivity index is 1.93. The summed E-state index contributed by atoms with van der Waals surface area (Å²) in [5, 5.41) is 5.65. The molecule has 16 heavy (non-hydrogen) atoms. The minimum atomic E-state index is 0.402. The predicted molar refractivity (Wildman–Crippen MR) is 78.7 cm³/mol. The van der Waals surface area contributed by atoms with E-state index in [1.165, 1.54) is 14.0 Å². The molecule has 84 valence electrons. The Morgan fingerprint density at radius 3 is 2.62 bits per heavy atom. The van der Waals surface area contributed by atoms with Gasteiger partial charge in [0.1, 0.15) is 0 Å². The molecule has 0 aliphatic heterocycles. The minimum Gasteiger partial charge on any atom is -0.305 e. The Labute approximate surface area is 114 Å². The molecular weight excluding hydrogens is 329 g/mol. The molecule has 0 amide bonds. The van der Waals surface area contributed by atoms with Crippen molar-refractivity contribution in [2.24, 2.45) is 0 Å². The number of thiophene rings is 1. The highest BCUT2D eigenvalue weighted by molar-refractivity contribution is 14.1. The van der Waals surface area contributed by atoms with Crippen molar-refractivity contribution in [3.8, 4) is 0 Å². The van der Waals surface area contributed by atoms with Crippen LogP contribution >= 0.6 is 33.9 Å². The van der Waals surface area contributed by atoms with Crippen LogP contribution in [0.5, 0.6) is 0 Å². The molecule has 0 saturated heterocycles. The zero-order chi connectivity index (χ0) is 11.4. The Morgan fingerprint density at radius 1 is 1.25 bits per heavy atom. The third-order valence-corrected chi connectivity index (χ3v) is 4.13. The van der Waals surface area contributed by atoms with Gasteiger partial charge in [0.05, 0.1) is 0 Å². The van der Waals surface area contributed by atoms with Gasteiger partial charge in [-0.25, -0.2) is 0 Å². The molecule has 1 unspecified atom stereocenters. The molecule has 1 aromatic carbocycles. The zero-order valence-corrected chi connectivity index (χ0v) is 12.1. The molecule has 0 spiro atoms. The molecule has 1 aromatic heterocycles. The van der Waals surface area contributed by atoms with Crippen LogP contribution in [0.25, 0.3) is 0 Å². The molecule has 2 rings (SSSR count). The Kier molecular flexibility index (Phi) is 4.37. The lowest BCUT2D eigenvalue weighted by molar-refractivity contribution is 0.579. The molecular formula is C13H14INS. The van der Waals surface area contributed by atoms with Gasteiger partial charge in [0.25, 0.3) is 0 Å². The van der Waals surface area contributed by atoms with E-state index in [-0.39, 0.29) is 0 Å². The topological polar surface area (TPSA) is 12.0 Å². The van der Waals surface area contributed by atoms with E-state index in [4.69, 9.17) is 0 Å². The molecule has 0 aliphatic rings. The van der Waals surface area contributed by atoms with Gasteiger partial charge in [-0.3, -0.25) is 0 Å². The highest BCUT2D eigenvalue weighted by Crippen LogP contribution is 2.16. The van der Waals surface area contributed by atoms with Crippen molar-refractivity contribution in [2.45, 2.75) is 19.5 Å². The summed E-state index contributed by atoms with van der Waals surface area (Å²) in [4.78, 5) is 1.39. The van der Waals surface area contributed by atoms with Gasteiger partial charge >= 0.3 is 0 Å². The summed E-state index contributed by atoms with van der Waals surface area (Å²) in [5.74, 6) is 0. The van der Waals surface area contributed by atoms with Crippen LogP contribution in [0, 0.1) is 3.57 Å². The van der Waals surface area contributed by atoms with Crippen LogP contribution in [0.3, 0.4) is 0 Å². The van der Waals surface area contributed by atoms with Crippen LogP contribution < -0.4 is 5.32 Å². The Hall–Kier alpha value is -0.390. The number of hydrogen-bond acceptors (Lipinski definition) is 2. The monoisotopic (exact) mass is 343 g/mol. The lowest BCUT2D eigenvalue weighted by Crippen LogP contribution is -2.17. The lowest BCUT2D eigenvalue weighted by atomic mass is 10.1. The van der Waals surface area contributed by atoms with Gasteiger partial charge < -0.3 is 5.32 Å². The number of hydrogen-bond donors (Lipinski definition) is 1. The predicted octanol–water partition coefficient (Wildman–Crippen LogP) is 4.20. The quantitative estimate of drug-likeness (QED) is 0.821. The number of nitrogens with one attached hydrogen (secondary N) is 1. The second-order valence-corrected chi connectivity index (χ2v) is 6.01. The van der Waals surface area contributed by atoms with Crippen LogP contribution in [0.2, 0.25) is 0 Å². The maximum atomic E-state index is 3.53. The minimum absolute atomic E-state index is 0.402. The van der Waals surface area contributed by atoms with E-state index < -0.39 is 0 Å². The average Bonchev–Trinajstić information content (AvgIpc) is 2.80. The van der Waals surface area contributed by atoms with Crippen molar-refractivity contribution in [3.63, 3.8) is 0 Å². The van der Waals surface area contributed by atoms with Gasteiger partial charge in [-0.1, -0.05) is 18.2 Å². The van der Waals surface area contributed by atoms with Crippen molar-refractivity contribution in [3.05, 3.63) is 55.8 Å². The largest absolute Gasteiger partial charge is 0.305 e. The first-order valence-corrected chi connectivity index (χ1v) is 7.23. The van der Waals surface area contributed by atoms with E-state index in [0.29, 0.717) is 6.04 Å². The first-order valence-electron chi connectivity index (χ1n) is 5.27. The van der Waals surface area contributed by atoms with Gasteiger partial charge in [-0.05, 0) is 58.7 Å². The van der Waals surface area contributed by atoms with E-state index >= 15 is 0 Å². The van der Waals surface area contributed by atoms with Crippen LogP contribution in [-0.2, 0) is 6.54 Å². The lowest BCUT2D eigenvalue weighted by Gasteiger charge is -2.13. The fourth-order valence-corrected chi connectivity index (χ4v) is 2.55. The normalized spacial score (nSPS) is 12.6. The van der Waals surface area contributed by atoms with E-state index in [2.05, 4.69) is 76.6 Å². The second-order valence-electron chi connectivity index (χ2n) is 3.73. The Morgan fingerprint density at radius 2 is 2.00 bits per heavy atom. The maximum Gasteiger partial charge on any atom is 0.0305 e. The summed E-state index contributed by atoms with van der Waals surface area (Å²) in [5.41, 5.74) is 1.34. The molecule has 0 aliphatic carbocycles. The fourth-order valence-electron chi connectivity index (χ4n) is 1.54. The van der Waals surface area contributed by atoms with Gasteiger partial charge in [0, 0.05) is 21.0 Å². The van der Waals surface area contributed by atoms with Gasteiger partial charge in [-0.2, -0.15) is 0 Å². The molecule has 0 fully saturated rings. The molecule has 0 radical (unpaired) electrons.